The number of aromatic hydroxyl groups is 1. The summed E-state index contributed by atoms with van der Waals surface area (Å²) in [6.45, 7) is 2.69. The minimum Gasteiger partial charge on any atom is -0.507 e. The highest BCUT2D eigenvalue weighted by Crippen LogP contribution is 2.24. The second kappa shape index (κ2) is 8.03. The van der Waals surface area contributed by atoms with E-state index < -0.39 is 0 Å². The first kappa shape index (κ1) is 15.8. The van der Waals surface area contributed by atoms with Crippen molar-refractivity contribution in [3.05, 3.63) is 65.7 Å². The Morgan fingerprint density at radius 2 is 1.95 bits per heavy atom. The minimum atomic E-state index is -0.248. The quantitative estimate of drug-likeness (QED) is 0.466. The lowest BCUT2D eigenvalue weighted by atomic mass is 10.1. The Labute approximate surface area is 130 Å². The molecule has 0 saturated heterocycles. The molecule has 0 aromatic heterocycles. The number of phenolic OH excluding ortho intramolecular Hbond substituents is 1. The molecule has 0 aliphatic carbocycles. The Kier molecular flexibility index (Phi) is 5.78. The summed E-state index contributed by atoms with van der Waals surface area (Å²) < 4.78 is 5.57. The molecule has 0 aliphatic heterocycles. The van der Waals surface area contributed by atoms with Gasteiger partial charge in [-0.15, -0.1) is 0 Å². The Hall–Kier alpha value is -2.55. The molecule has 0 unspecified atom stereocenters. The fourth-order valence-corrected chi connectivity index (χ4v) is 1.96. The van der Waals surface area contributed by atoms with Gasteiger partial charge in [0, 0.05) is 0 Å². The number of hydrogen-bond donors (Lipinski definition) is 1. The van der Waals surface area contributed by atoms with Gasteiger partial charge >= 0.3 is 0 Å². The van der Waals surface area contributed by atoms with Gasteiger partial charge < -0.3 is 9.84 Å². The molecule has 2 rings (SSSR count). The van der Waals surface area contributed by atoms with Crippen molar-refractivity contribution in [3.63, 3.8) is 0 Å². The summed E-state index contributed by atoms with van der Waals surface area (Å²) in [5.41, 5.74) is 1.19. The third kappa shape index (κ3) is 4.48. The first-order chi connectivity index (χ1) is 10.7. The standard InChI is InChI=1S/C19H20O3/c1-2-3-13-22-16-10-12-19(21)17(14-16)18(20)11-9-15-7-5-4-6-8-15/h4-12,14,21H,2-3,13H2,1H3/b11-9+. The van der Waals surface area contributed by atoms with Gasteiger partial charge in [0.25, 0.3) is 0 Å². The number of carbonyl (C=O) groups is 1. The molecule has 22 heavy (non-hydrogen) atoms. The first-order valence-corrected chi connectivity index (χ1v) is 7.44. The van der Waals surface area contributed by atoms with Crippen molar-refractivity contribution in [3.8, 4) is 11.5 Å². The maximum atomic E-state index is 12.2. The summed E-state index contributed by atoms with van der Waals surface area (Å²) in [5.74, 6) is 0.315. The van der Waals surface area contributed by atoms with E-state index in [1.807, 2.05) is 30.3 Å². The van der Waals surface area contributed by atoms with Crippen LogP contribution in [0.3, 0.4) is 0 Å². The van der Waals surface area contributed by atoms with Crippen molar-refractivity contribution >= 4 is 11.9 Å². The van der Waals surface area contributed by atoms with Gasteiger partial charge in [0.1, 0.15) is 11.5 Å². The predicted molar refractivity (Wildman–Crippen MR) is 88.3 cm³/mol. The van der Waals surface area contributed by atoms with Gasteiger partial charge in [0.2, 0.25) is 0 Å². The fourth-order valence-electron chi connectivity index (χ4n) is 1.96. The molecule has 0 spiro atoms. The zero-order chi connectivity index (χ0) is 15.8. The summed E-state index contributed by atoms with van der Waals surface area (Å²) in [6.07, 6.45) is 5.19. The lowest BCUT2D eigenvalue weighted by Crippen LogP contribution is -2.00. The van der Waals surface area contributed by atoms with E-state index in [0.717, 1.165) is 18.4 Å². The molecule has 0 atom stereocenters. The number of benzene rings is 2. The van der Waals surface area contributed by atoms with Crippen LogP contribution in [-0.4, -0.2) is 17.5 Å². The number of carbonyl (C=O) groups excluding carboxylic acids is 1. The van der Waals surface area contributed by atoms with Crippen LogP contribution in [-0.2, 0) is 0 Å². The van der Waals surface area contributed by atoms with Crippen molar-refractivity contribution in [1.82, 2.24) is 0 Å². The highest BCUT2D eigenvalue weighted by molar-refractivity contribution is 6.08. The van der Waals surface area contributed by atoms with Crippen LogP contribution in [0.4, 0.5) is 0 Å². The molecular formula is C19H20O3. The molecule has 1 N–H and O–H groups in total. The summed E-state index contributed by atoms with van der Waals surface area (Å²) in [6, 6.07) is 14.3. The van der Waals surface area contributed by atoms with Crippen LogP contribution in [0.15, 0.2) is 54.6 Å². The number of ether oxygens (including phenoxy) is 1. The molecule has 0 saturated carbocycles. The normalized spacial score (nSPS) is 10.8. The number of rotatable bonds is 7. The predicted octanol–water partition coefficient (Wildman–Crippen LogP) is 4.47. The number of ketones is 1. The molecule has 0 aliphatic rings. The Bertz CT molecular complexity index is 645. The summed E-state index contributed by atoms with van der Waals surface area (Å²) >= 11 is 0. The van der Waals surface area contributed by atoms with Crippen molar-refractivity contribution in [2.45, 2.75) is 19.8 Å². The van der Waals surface area contributed by atoms with E-state index in [9.17, 15) is 9.90 Å². The largest absolute Gasteiger partial charge is 0.507 e. The van der Waals surface area contributed by atoms with E-state index in [-0.39, 0.29) is 17.1 Å². The summed E-state index contributed by atoms with van der Waals surface area (Å²) in [5, 5.41) is 9.86. The lowest BCUT2D eigenvalue weighted by molar-refractivity contribution is 0.104. The second-order valence-corrected chi connectivity index (χ2v) is 4.99. The Morgan fingerprint density at radius 1 is 1.18 bits per heavy atom. The van der Waals surface area contributed by atoms with E-state index >= 15 is 0 Å². The van der Waals surface area contributed by atoms with Gasteiger partial charge in [-0.1, -0.05) is 49.8 Å². The number of allylic oxidation sites excluding steroid dienone is 1. The topological polar surface area (TPSA) is 46.5 Å². The van der Waals surface area contributed by atoms with Crippen molar-refractivity contribution < 1.29 is 14.6 Å². The molecule has 2 aromatic carbocycles. The molecule has 0 bridgehead atoms. The number of phenols is 1. The summed E-state index contributed by atoms with van der Waals surface area (Å²) in [4.78, 5) is 12.2. The molecule has 3 nitrogen and oxygen atoms in total. The highest BCUT2D eigenvalue weighted by Gasteiger charge is 2.10. The highest BCUT2D eigenvalue weighted by atomic mass is 16.5. The minimum absolute atomic E-state index is 0.0365. The number of unbranched alkanes of at least 4 members (excludes halogenated alkanes) is 1. The summed E-state index contributed by atoms with van der Waals surface area (Å²) in [7, 11) is 0. The van der Waals surface area contributed by atoms with Crippen LogP contribution in [0.5, 0.6) is 11.5 Å². The molecule has 3 heteroatoms. The van der Waals surface area contributed by atoms with E-state index in [4.69, 9.17) is 4.74 Å². The molecule has 0 heterocycles. The molecule has 0 fully saturated rings. The van der Waals surface area contributed by atoms with E-state index in [1.54, 1.807) is 18.2 Å². The first-order valence-electron chi connectivity index (χ1n) is 7.44. The van der Waals surface area contributed by atoms with Gasteiger partial charge in [-0.2, -0.15) is 0 Å². The fraction of sp³-hybridized carbons (Fsp3) is 0.211. The number of hydrogen-bond acceptors (Lipinski definition) is 3. The molecule has 114 valence electrons. The molecule has 0 amide bonds. The van der Waals surface area contributed by atoms with E-state index in [1.165, 1.54) is 12.1 Å². The maximum Gasteiger partial charge on any atom is 0.189 e. The third-order valence-corrected chi connectivity index (χ3v) is 3.23. The Morgan fingerprint density at radius 3 is 2.68 bits per heavy atom. The van der Waals surface area contributed by atoms with Crippen LogP contribution >= 0.6 is 0 Å². The van der Waals surface area contributed by atoms with Crippen LogP contribution < -0.4 is 4.74 Å². The SMILES string of the molecule is CCCCOc1ccc(O)c(C(=O)/C=C/c2ccccc2)c1. The molecule has 0 radical (unpaired) electrons. The van der Waals surface area contributed by atoms with Crippen LogP contribution in [0, 0.1) is 0 Å². The van der Waals surface area contributed by atoms with E-state index in [0.29, 0.717) is 12.4 Å². The van der Waals surface area contributed by atoms with E-state index in [2.05, 4.69) is 6.92 Å². The van der Waals surface area contributed by atoms with Crippen molar-refractivity contribution in [2.24, 2.45) is 0 Å². The van der Waals surface area contributed by atoms with Gasteiger partial charge in [0.15, 0.2) is 5.78 Å². The average molecular weight is 296 g/mol. The third-order valence-electron chi connectivity index (χ3n) is 3.23. The zero-order valence-electron chi connectivity index (χ0n) is 12.7. The van der Waals surface area contributed by atoms with Crippen LogP contribution in [0.2, 0.25) is 0 Å². The zero-order valence-corrected chi connectivity index (χ0v) is 12.7. The smallest absolute Gasteiger partial charge is 0.189 e. The monoisotopic (exact) mass is 296 g/mol. The molecular weight excluding hydrogens is 276 g/mol. The molecule has 2 aromatic rings. The lowest BCUT2D eigenvalue weighted by Gasteiger charge is -2.07. The van der Waals surface area contributed by atoms with Gasteiger partial charge in [-0.05, 0) is 36.3 Å². The van der Waals surface area contributed by atoms with Gasteiger partial charge in [0.05, 0.1) is 12.2 Å². The van der Waals surface area contributed by atoms with Gasteiger partial charge in [-0.3, -0.25) is 4.79 Å². The maximum absolute atomic E-state index is 12.2. The van der Waals surface area contributed by atoms with Crippen molar-refractivity contribution in [1.29, 1.82) is 0 Å². The van der Waals surface area contributed by atoms with Crippen LogP contribution in [0.1, 0.15) is 35.7 Å². The van der Waals surface area contributed by atoms with Gasteiger partial charge in [-0.25, -0.2) is 0 Å². The Balaban J connectivity index is 2.11. The van der Waals surface area contributed by atoms with Crippen LogP contribution in [0.25, 0.3) is 6.08 Å². The average Bonchev–Trinajstić information content (AvgIpc) is 2.55. The van der Waals surface area contributed by atoms with Crippen molar-refractivity contribution in [2.75, 3.05) is 6.61 Å². The second-order valence-electron chi connectivity index (χ2n) is 4.99.